The zero-order valence-electron chi connectivity index (χ0n) is 9.76. The number of aromatic nitrogens is 1. The molecule has 18 heavy (non-hydrogen) atoms. The molecule has 2 aliphatic rings. The van der Waals surface area contributed by atoms with Gasteiger partial charge in [0.1, 0.15) is 15.3 Å². The first-order chi connectivity index (χ1) is 8.58. The molecule has 0 bridgehead atoms. The lowest BCUT2D eigenvalue weighted by molar-refractivity contribution is 0.454. The van der Waals surface area contributed by atoms with Gasteiger partial charge in [0.25, 0.3) is 0 Å². The first-order valence-corrected chi connectivity index (χ1v) is 8.28. The van der Waals surface area contributed by atoms with Crippen LogP contribution in [-0.4, -0.2) is 32.5 Å². The Hall–Kier alpha value is -0.660. The third kappa shape index (κ3) is 2.04. The highest BCUT2D eigenvalue weighted by molar-refractivity contribution is 9.10. The summed E-state index contributed by atoms with van der Waals surface area (Å²) in [5, 5.41) is 0. The summed E-state index contributed by atoms with van der Waals surface area (Å²) >= 11 is 3.32. The Bertz CT molecular complexity index is 576. The first-order valence-electron chi connectivity index (χ1n) is 6.01. The third-order valence-corrected chi connectivity index (χ3v) is 5.39. The van der Waals surface area contributed by atoms with Gasteiger partial charge >= 0.3 is 0 Å². The summed E-state index contributed by atoms with van der Waals surface area (Å²) in [4.78, 5) is 6.79. The second-order valence-electron chi connectivity index (χ2n) is 4.65. The number of nitrogens with zero attached hydrogens (tertiary/aromatic N) is 2. The van der Waals surface area contributed by atoms with E-state index in [9.17, 15) is 8.42 Å². The normalized spacial score (nSPS) is 26.1. The maximum Gasteiger partial charge on any atom is 0.244 e. The van der Waals surface area contributed by atoms with Gasteiger partial charge in [-0.1, -0.05) is 0 Å². The molecular weight excluding hydrogens is 318 g/mol. The zero-order valence-corrected chi connectivity index (χ0v) is 12.2. The first kappa shape index (κ1) is 12.4. The molecule has 0 spiro atoms. The van der Waals surface area contributed by atoms with Gasteiger partial charge in [-0.15, -0.1) is 0 Å². The predicted molar refractivity (Wildman–Crippen MR) is 72.1 cm³/mol. The number of pyridine rings is 1. The SMILES string of the molecule is O=S1(=O)NCC2CCCCN2c2nc(Br)ccc21. The molecule has 7 heteroatoms. The maximum atomic E-state index is 12.2. The highest BCUT2D eigenvalue weighted by atomic mass is 79.9. The van der Waals surface area contributed by atoms with E-state index < -0.39 is 10.0 Å². The number of piperidine rings is 1. The summed E-state index contributed by atoms with van der Waals surface area (Å²) in [7, 11) is -3.43. The molecule has 0 aliphatic carbocycles. The largest absolute Gasteiger partial charge is 0.351 e. The van der Waals surface area contributed by atoms with Crippen LogP contribution in [0.25, 0.3) is 0 Å². The number of anilines is 1. The summed E-state index contributed by atoms with van der Waals surface area (Å²) in [5.41, 5.74) is 0. The minimum atomic E-state index is -3.43. The van der Waals surface area contributed by atoms with Gasteiger partial charge < -0.3 is 4.90 Å². The van der Waals surface area contributed by atoms with Gasteiger partial charge in [-0.25, -0.2) is 18.1 Å². The van der Waals surface area contributed by atoms with E-state index in [-0.39, 0.29) is 10.9 Å². The van der Waals surface area contributed by atoms with Crippen molar-refractivity contribution in [1.29, 1.82) is 0 Å². The van der Waals surface area contributed by atoms with E-state index >= 15 is 0 Å². The molecule has 1 saturated heterocycles. The van der Waals surface area contributed by atoms with Crippen LogP contribution in [0, 0.1) is 0 Å². The Kier molecular flexibility index (Phi) is 3.07. The minimum absolute atomic E-state index is 0.219. The van der Waals surface area contributed by atoms with Crippen LogP contribution >= 0.6 is 15.9 Å². The highest BCUT2D eigenvalue weighted by Gasteiger charge is 2.33. The molecule has 98 valence electrons. The van der Waals surface area contributed by atoms with E-state index in [4.69, 9.17) is 0 Å². The molecule has 1 aromatic rings. The van der Waals surface area contributed by atoms with Gasteiger partial charge in [0.05, 0.1) is 0 Å². The van der Waals surface area contributed by atoms with Gasteiger partial charge in [-0.05, 0) is 47.3 Å². The summed E-state index contributed by atoms with van der Waals surface area (Å²) in [5.74, 6) is 0.582. The molecule has 1 unspecified atom stereocenters. The molecule has 1 fully saturated rings. The van der Waals surface area contributed by atoms with Gasteiger partial charge in [0, 0.05) is 19.1 Å². The fraction of sp³-hybridized carbons (Fsp3) is 0.545. The van der Waals surface area contributed by atoms with Crippen LogP contribution in [-0.2, 0) is 10.0 Å². The van der Waals surface area contributed by atoms with Crippen LogP contribution in [0.4, 0.5) is 5.82 Å². The van der Waals surface area contributed by atoms with Crippen molar-refractivity contribution in [3.8, 4) is 0 Å². The molecule has 5 nitrogen and oxygen atoms in total. The van der Waals surface area contributed by atoms with Crippen molar-refractivity contribution in [1.82, 2.24) is 9.71 Å². The van der Waals surface area contributed by atoms with E-state index in [1.807, 2.05) is 0 Å². The minimum Gasteiger partial charge on any atom is -0.351 e. The number of hydrogen-bond donors (Lipinski definition) is 1. The lowest BCUT2D eigenvalue weighted by atomic mass is 10.0. The average molecular weight is 332 g/mol. The molecular formula is C11H14BrN3O2S. The van der Waals surface area contributed by atoms with Crippen molar-refractivity contribution < 1.29 is 8.42 Å². The number of fused-ring (bicyclic) bond motifs is 3. The number of sulfonamides is 1. The topological polar surface area (TPSA) is 62.3 Å². The third-order valence-electron chi connectivity index (χ3n) is 3.50. The number of halogens is 1. The van der Waals surface area contributed by atoms with Crippen molar-refractivity contribution in [2.45, 2.75) is 30.2 Å². The second-order valence-corrected chi connectivity index (χ2v) is 7.20. The van der Waals surface area contributed by atoms with Crippen LogP contribution < -0.4 is 9.62 Å². The lowest BCUT2D eigenvalue weighted by Gasteiger charge is -2.35. The van der Waals surface area contributed by atoms with Crippen LogP contribution in [0.1, 0.15) is 19.3 Å². The molecule has 1 aromatic heterocycles. The Balaban J connectivity index is 2.18. The molecule has 0 aromatic carbocycles. The Morgan fingerprint density at radius 1 is 1.39 bits per heavy atom. The summed E-state index contributed by atoms with van der Waals surface area (Å²) in [6, 6.07) is 3.50. The number of rotatable bonds is 0. The van der Waals surface area contributed by atoms with Crippen LogP contribution in [0.5, 0.6) is 0 Å². The van der Waals surface area contributed by atoms with Crippen molar-refractivity contribution in [3.05, 3.63) is 16.7 Å². The van der Waals surface area contributed by atoms with E-state index in [1.54, 1.807) is 12.1 Å². The summed E-state index contributed by atoms with van der Waals surface area (Å²) in [6.45, 7) is 1.34. The molecule has 0 saturated carbocycles. The molecule has 1 atom stereocenters. The predicted octanol–water partition coefficient (Wildman–Crippen LogP) is 1.49. The molecule has 2 aliphatic heterocycles. The molecule has 3 heterocycles. The smallest absolute Gasteiger partial charge is 0.244 e. The van der Waals surface area contributed by atoms with Gasteiger partial charge in [0.2, 0.25) is 10.0 Å². The van der Waals surface area contributed by atoms with Crippen molar-refractivity contribution >= 4 is 31.8 Å². The van der Waals surface area contributed by atoms with Crippen LogP contribution in [0.2, 0.25) is 0 Å². The number of nitrogens with one attached hydrogen (secondary N) is 1. The average Bonchev–Trinajstić information content (AvgIpc) is 2.46. The van der Waals surface area contributed by atoms with Gasteiger partial charge in [-0.3, -0.25) is 0 Å². The summed E-state index contributed by atoms with van der Waals surface area (Å²) < 4.78 is 27.6. The van der Waals surface area contributed by atoms with Crippen LogP contribution in [0.3, 0.4) is 0 Å². The maximum absolute atomic E-state index is 12.2. The Morgan fingerprint density at radius 2 is 2.22 bits per heavy atom. The van der Waals surface area contributed by atoms with Crippen molar-refractivity contribution in [2.24, 2.45) is 0 Å². The fourth-order valence-corrected chi connectivity index (χ4v) is 4.12. The fourth-order valence-electron chi connectivity index (χ4n) is 2.60. The van der Waals surface area contributed by atoms with E-state index in [0.717, 1.165) is 25.8 Å². The van der Waals surface area contributed by atoms with E-state index in [0.29, 0.717) is 17.0 Å². The highest BCUT2D eigenvalue weighted by Crippen LogP contribution is 2.32. The summed E-state index contributed by atoms with van der Waals surface area (Å²) in [6.07, 6.45) is 3.24. The van der Waals surface area contributed by atoms with Crippen molar-refractivity contribution in [2.75, 3.05) is 18.0 Å². The van der Waals surface area contributed by atoms with Crippen molar-refractivity contribution in [3.63, 3.8) is 0 Å². The van der Waals surface area contributed by atoms with E-state index in [1.165, 1.54) is 0 Å². The molecule has 3 rings (SSSR count). The Morgan fingerprint density at radius 3 is 3.06 bits per heavy atom. The lowest BCUT2D eigenvalue weighted by Crippen LogP contribution is -2.44. The molecule has 0 amide bonds. The van der Waals surface area contributed by atoms with Gasteiger partial charge in [-0.2, -0.15) is 0 Å². The zero-order chi connectivity index (χ0) is 12.8. The Labute approximate surface area is 115 Å². The second kappa shape index (κ2) is 4.47. The molecule has 0 radical (unpaired) electrons. The van der Waals surface area contributed by atoms with Gasteiger partial charge in [0.15, 0.2) is 0 Å². The van der Waals surface area contributed by atoms with Crippen LogP contribution in [0.15, 0.2) is 21.6 Å². The monoisotopic (exact) mass is 331 g/mol. The van der Waals surface area contributed by atoms with E-state index in [2.05, 4.69) is 30.5 Å². The standard InChI is InChI=1S/C11H14BrN3O2S/c12-10-5-4-9-11(14-10)15-6-2-1-3-8(15)7-13-18(9,16)17/h4-5,8,13H,1-3,6-7H2. The quantitative estimate of drug-likeness (QED) is 0.732. The number of hydrogen-bond acceptors (Lipinski definition) is 4. The molecule has 1 N–H and O–H groups in total.